The highest BCUT2D eigenvalue weighted by Crippen LogP contribution is 2.37. The van der Waals surface area contributed by atoms with Gasteiger partial charge < -0.3 is 29.6 Å². The second kappa shape index (κ2) is 12.4. The van der Waals surface area contributed by atoms with Crippen molar-refractivity contribution in [2.24, 2.45) is 0 Å². The number of amides is 1. The van der Waals surface area contributed by atoms with E-state index in [0.29, 0.717) is 58.7 Å². The van der Waals surface area contributed by atoms with E-state index in [0.717, 1.165) is 14.3 Å². The summed E-state index contributed by atoms with van der Waals surface area (Å²) in [5, 5.41) is 7.55. The lowest BCUT2D eigenvalue weighted by molar-refractivity contribution is 0.102. The summed E-state index contributed by atoms with van der Waals surface area (Å²) < 4.78 is 23.8. The summed E-state index contributed by atoms with van der Waals surface area (Å²) >= 11 is 2.18. The van der Waals surface area contributed by atoms with Crippen LogP contribution in [0.25, 0.3) is 10.9 Å². The third kappa shape index (κ3) is 6.03. The molecule has 0 aliphatic rings. The monoisotopic (exact) mass is 632 g/mol. The molecule has 0 aliphatic carbocycles. The molecule has 37 heavy (non-hydrogen) atoms. The number of ether oxygens (including phenoxy) is 4. The zero-order valence-corrected chi connectivity index (χ0v) is 23.8. The van der Waals surface area contributed by atoms with Crippen molar-refractivity contribution >= 4 is 59.6 Å². The number of pyridine rings is 2. The minimum Gasteiger partial charge on any atom is -0.496 e. The molecular weight excluding hydrogens is 606 g/mol. The summed E-state index contributed by atoms with van der Waals surface area (Å²) in [6, 6.07) is 10.7. The molecule has 1 amide bonds. The topological polar surface area (TPSA) is 104 Å². The first-order chi connectivity index (χ1) is 18.0. The summed E-state index contributed by atoms with van der Waals surface area (Å²) in [4.78, 5) is 21.3. The molecule has 4 rings (SSSR count). The molecule has 0 radical (unpaired) electrons. The molecule has 0 fully saturated rings. The number of likely N-dealkylation sites (N-methyl/N-ethyl adjacent to an activating group) is 1. The Morgan fingerprint density at radius 3 is 2.54 bits per heavy atom. The number of nitrogens with zero attached hydrogens (tertiary/aromatic N) is 2. The van der Waals surface area contributed by atoms with Crippen LogP contribution in [0.3, 0.4) is 0 Å². The van der Waals surface area contributed by atoms with Crippen molar-refractivity contribution in [1.29, 1.82) is 0 Å². The zero-order chi connectivity index (χ0) is 26.4. The van der Waals surface area contributed by atoms with Crippen LogP contribution in [-0.2, 0) is 0 Å². The standard InChI is InChI=1S/C26H26IN4O5P/c1-28-10-11-35-23-13-18-15(12-22(23)34-3)20(7-9-30-18)36-21-5-4-17(24(27)25(21)37)31-26(32)16-14-29-8-6-19(16)33-2/h4-9,12-14,28H,10-11,37H2,1-3H3,(H,31,32). The molecule has 0 bridgehead atoms. The summed E-state index contributed by atoms with van der Waals surface area (Å²) in [6.45, 7) is 1.21. The number of rotatable bonds is 10. The van der Waals surface area contributed by atoms with Crippen molar-refractivity contribution < 1.29 is 23.7 Å². The fourth-order valence-corrected chi connectivity index (χ4v) is 4.44. The van der Waals surface area contributed by atoms with Gasteiger partial charge in [-0.15, -0.1) is 9.24 Å². The van der Waals surface area contributed by atoms with Crippen LogP contribution < -0.4 is 34.9 Å². The highest BCUT2D eigenvalue weighted by atomic mass is 127. The van der Waals surface area contributed by atoms with E-state index < -0.39 is 0 Å². The van der Waals surface area contributed by atoms with Gasteiger partial charge in [-0.1, -0.05) is 0 Å². The Labute approximate surface area is 230 Å². The zero-order valence-electron chi connectivity index (χ0n) is 20.5. The van der Waals surface area contributed by atoms with Crippen molar-refractivity contribution in [2.75, 3.05) is 39.7 Å². The van der Waals surface area contributed by atoms with Gasteiger partial charge in [0.05, 0.1) is 31.0 Å². The molecule has 1 unspecified atom stereocenters. The molecule has 0 spiro atoms. The first-order valence-corrected chi connectivity index (χ1v) is 12.9. The van der Waals surface area contributed by atoms with E-state index >= 15 is 0 Å². The Balaban J connectivity index is 1.61. The van der Waals surface area contributed by atoms with Crippen molar-refractivity contribution in [3.05, 3.63) is 64.1 Å². The highest BCUT2D eigenvalue weighted by Gasteiger charge is 2.17. The van der Waals surface area contributed by atoms with Crippen LogP contribution in [0, 0.1) is 3.57 Å². The maximum atomic E-state index is 12.8. The highest BCUT2D eigenvalue weighted by molar-refractivity contribution is 14.1. The number of halogens is 1. The van der Waals surface area contributed by atoms with Crippen LogP contribution >= 0.6 is 31.8 Å². The van der Waals surface area contributed by atoms with Crippen LogP contribution in [0.2, 0.25) is 0 Å². The maximum Gasteiger partial charge on any atom is 0.261 e. The third-order valence-electron chi connectivity index (χ3n) is 5.45. The van der Waals surface area contributed by atoms with Crippen LogP contribution in [-0.4, -0.2) is 50.3 Å². The average molecular weight is 632 g/mol. The van der Waals surface area contributed by atoms with Crippen molar-refractivity contribution in [1.82, 2.24) is 15.3 Å². The second-order valence-electron chi connectivity index (χ2n) is 7.75. The fourth-order valence-electron chi connectivity index (χ4n) is 3.55. The summed E-state index contributed by atoms with van der Waals surface area (Å²) in [7, 11) is 7.66. The number of benzene rings is 2. The summed E-state index contributed by atoms with van der Waals surface area (Å²) in [6.07, 6.45) is 4.73. The molecule has 2 aromatic carbocycles. The van der Waals surface area contributed by atoms with Crippen LogP contribution in [0.1, 0.15) is 10.4 Å². The lowest BCUT2D eigenvalue weighted by Crippen LogP contribution is -2.16. The van der Waals surface area contributed by atoms with Gasteiger partial charge in [-0.05, 0) is 60.0 Å². The predicted octanol–water partition coefficient (Wildman–Crippen LogP) is 4.39. The molecule has 9 nitrogen and oxygen atoms in total. The number of methoxy groups -OCH3 is 2. The lowest BCUT2D eigenvalue weighted by atomic mass is 10.1. The second-order valence-corrected chi connectivity index (χ2v) is 9.41. The van der Waals surface area contributed by atoms with Gasteiger partial charge in [0.15, 0.2) is 11.5 Å². The Bertz CT molecular complexity index is 1440. The van der Waals surface area contributed by atoms with Gasteiger partial charge in [0, 0.05) is 45.5 Å². The van der Waals surface area contributed by atoms with Crippen LogP contribution in [0.4, 0.5) is 5.69 Å². The van der Waals surface area contributed by atoms with Crippen molar-refractivity contribution in [3.63, 3.8) is 0 Å². The lowest BCUT2D eigenvalue weighted by Gasteiger charge is -2.16. The third-order valence-corrected chi connectivity index (χ3v) is 7.77. The van der Waals surface area contributed by atoms with Crippen molar-refractivity contribution in [3.8, 4) is 28.7 Å². The van der Waals surface area contributed by atoms with Gasteiger partial charge in [0.2, 0.25) is 0 Å². The van der Waals surface area contributed by atoms with Gasteiger partial charge in [-0.25, -0.2) is 0 Å². The van der Waals surface area contributed by atoms with Gasteiger partial charge in [0.1, 0.15) is 23.9 Å². The van der Waals surface area contributed by atoms with E-state index in [-0.39, 0.29) is 5.91 Å². The number of anilines is 1. The van der Waals surface area contributed by atoms with Crippen molar-refractivity contribution in [2.45, 2.75) is 0 Å². The molecule has 0 saturated heterocycles. The Kier molecular flexibility index (Phi) is 8.96. The number of fused-ring (bicyclic) bond motifs is 1. The minimum atomic E-state index is -0.319. The molecular formula is C26H26IN4O5P. The summed E-state index contributed by atoms with van der Waals surface area (Å²) in [5.74, 6) is 2.56. The Morgan fingerprint density at radius 1 is 1.00 bits per heavy atom. The van der Waals surface area contributed by atoms with E-state index in [9.17, 15) is 4.79 Å². The van der Waals surface area contributed by atoms with E-state index in [1.807, 2.05) is 19.2 Å². The average Bonchev–Trinajstić information content (AvgIpc) is 2.92. The van der Waals surface area contributed by atoms with Crippen LogP contribution in [0.15, 0.2) is 55.0 Å². The Hall–Kier alpha value is -3.21. The molecule has 0 saturated carbocycles. The normalized spacial score (nSPS) is 10.7. The number of carbonyl (C=O) groups is 1. The van der Waals surface area contributed by atoms with Gasteiger partial charge >= 0.3 is 0 Å². The number of hydrogen-bond donors (Lipinski definition) is 2. The minimum absolute atomic E-state index is 0.319. The fraction of sp³-hybridized carbons (Fsp3) is 0.192. The SMILES string of the molecule is CNCCOc1cc2nccc(Oc3ccc(NC(=O)c4cnccc4OC)c(I)c3P)c2cc1OC. The van der Waals surface area contributed by atoms with E-state index in [4.69, 9.17) is 18.9 Å². The molecule has 1 atom stereocenters. The maximum absolute atomic E-state index is 12.8. The number of hydrogen-bond acceptors (Lipinski definition) is 8. The summed E-state index contributed by atoms with van der Waals surface area (Å²) in [5.41, 5.74) is 1.70. The van der Waals surface area contributed by atoms with E-state index in [1.165, 1.54) is 13.3 Å². The number of nitrogens with one attached hydrogen (secondary N) is 2. The molecule has 2 heterocycles. The number of carbonyl (C=O) groups excluding carboxylic acids is 1. The molecule has 2 aromatic heterocycles. The molecule has 11 heteroatoms. The van der Waals surface area contributed by atoms with Gasteiger partial charge in [-0.2, -0.15) is 0 Å². The molecule has 192 valence electrons. The Morgan fingerprint density at radius 2 is 1.78 bits per heavy atom. The first kappa shape index (κ1) is 26.8. The predicted molar refractivity (Wildman–Crippen MR) is 155 cm³/mol. The molecule has 2 N–H and O–H groups in total. The molecule has 4 aromatic rings. The van der Waals surface area contributed by atoms with Gasteiger partial charge in [-0.3, -0.25) is 14.8 Å². The largest absolute Gasteiger partial charge is 0.496 e. The first-order valence-electron chi connectivity index (χ1n) is 11.3. The van der Waals surface area contributed by atoms with E-state index in [2.05, 4.69) is 52.4 Å². The van der Waals surface area contributed by atoms with Gasteiger partial charge in [0.25, 0.3) is 5.91 Å². The smallest absolute Gasteiger partial charge is 0.261 e. The quantitative estimate of drug-likeness (QED) is 0.151. The van der Waals surface area contributed by atoms with Crippen LogP contribution in [0.5, 0.6) is 28.7 Å². The number of aromatic nitrogens is 2. The molecule has 0 aliphatic heterocycles. The van der Waals surface area contributed by atoms with E-state index in [1.54, 1.807) is 43.8 Å².